The number of aliphatic hydroxyl groups is 1. The zero-order valence-corrected chi connectivity index (χ0v) is 12.9. The van der Waals surface area contributed by atoms with Gasteiger partial charge >= 0.3 is 0 Å². The summed E-state index contributed by atoms with van der Waals surface area (Å²) in [7, 11) is -3.97. The van der Waals surface area contributed by atoms with Gasteiger partial charge in [0, 0.05) is 5.02 Å². The smallest absolute Gasteiger partial charge is 0.204 e. The van der Waals surface area contributed by atoms with Gasteiger partial charge < -0.3 is 5.11 Å². The molecular weight excluding hydrogens is 334 g/mol. The van der Waals surface area contributed by atoms with Gasteiger partial charge in [0.1, 0.15) is 11.6 Å². The minimum atomic E-state index is -3.97. The van der Waals surface area contributed by atoms with Gasteiger partial charge in [-0.05, 0) is 60.9 Å². The highest BCUT2D eigenvalue weighted by atomic mass is 35.5. The topological polar surface area (TPSA) is 54.4 Å². The fourth-order valence-corrected chi connectivity index (χ4v) is 3.33. The third-order valence-corrected chi connectivity index (χ3v) is 5.30. The summed E-state index contributed by atoms with van der Waals surface area (Å²) < 4.78 is 50.8. The van der Waals surface area contributed by atoms with Crippen molar-refractivity contribution in [3.8, 4) is 0 Å². The zero-order chi connectivity index (χ0) is 16.3. The van der Waals surface area contributed by atoms with Crippen molar-refractivity contribution in [3.05, 3.63) is 64.7 Å². The molecule has 0 aliphatic rings. The predicted octanol–water partition coefficient (Wildman–Crippen LogP) is 3.34. The first-order chi connectivity index (χ1) is 10.3. The van der Waals surface area contributed by atoms with Crippen LogP contribution in [0, 0.1) is 11.6 Å². The van der Waals surface area contributed by atoms with Crippen molar-refractivity contribution >= 4 is 21.4 Å². The molecule has 1 atom stereocenters. The molecule has 0 aliphatic carbocycles. The molecule has 22 heavy (non-hydrogen) atoms. The van der Waals surface area contributed by atoms with Crippen LogP contribution in [0.3, 0.4) is 0 Å². The number of halogens is 3. The first kappa shape index (κ1) is 16.9. The molecule has 0 bridgehead atoms. The molecule has 2 aromatic rings. The summed E-state index contributed by atoms with van der Waals surface area (Å²) in [5, 5.41) is 10.3. The van der Waals surface area contributed by atoms with E-state index in [0.717, 1.165) is 18.2 Å². The quantitative estimate of drug-likeness (QED) is 0.903. The molecule has 2 rings (SSSR count). The molecule has 118 valence electrons. The van der Waals surface area contributed by atoms with Crippen LogP contribution in [0.1, 0.15) is 12.0 Å². The number of sulfone groups is 1. The number of benzene rings is 2. The maximum absolute atomic E-state index is 13.5. The molecule has 3 nitrogen and oxygen atoms in total. The minimum Gasteiger partial charge on any atom is -0.377 e. The summed E-state index contributed by atoms with van der Waals surface area (Å²) in [6, 6.07) is 8.27. The van der Waals surface area contributed by atoms with E-state index < -0.39 is 26.9 Å². The van der Waals surface area contributed by atoms with Crippen molar-refractivity contribution in [1.29, 1.82) is 0 Å². The first-order valence-electron chi connectivity index (χ1n) is 6.42. The third kappa shape index (κ3) is 3.82. The second-order valence-electron chi connectivity index (χ2n) is 4.73. The lowest BCUT2D eigenvalue weighted by atomic mass is 10.1. The molecule has 0 saturated carbocycles. The van der Waals surface area contributed by atoms with Gasteiger partial charge in [0.05, 0.1) is 4.90 Å². The Labute approximate surface area is 132 Å². The van der Waals surface area contributed by atoms with Crippen molar-refractivity contribution in [2.45, 2.75) is 23.2 Å². The van der Waals surface area contributed by atoms with Gasteiger partial charge in [0.25, 0.3) is 0 Å². The van der Waals surface area contributed by atoms with Gasteiger partial charge in [-0.3, -0.25) is 0 Å². The van der Waals surface area contributed by atoms with Gasteiger partial charge in [-0.1, -0.05) is 11.6 Å². The van der Waals surface area contributed by atoms with Gasteiger partial charge in [-0.25, -0.2) is 17.2 Å². The van der Waals surface area contributed by atoms with Crippen molar-refractivity contribution in [2.75, 3.05) is 0 Å². The summed E-state index contributed by atoms with van der Waals surface area (Å²) in [6.07, 6.45) is -0.344. The van der Waals surface area contributed by atoms with Gasteiger partial charge in [0.2, 0.25) is 9.84 Å². The van der Waals surface area contributed by atoms with Gasteiger partial charge in [-0.15, -0.1) is 0 Å². The number of hydrogen-bond donors (Lipinski definition) is 1. The van der Waals surface area contributed by atoms with E-state index in [2.05, 4.69) is 0 Å². The van der Waals surface area contributed by atoms with Crippen LogP contribution >= 0.6 is 11.6 Å². The Morgan fingerprint density at radius 3 is 2.36 bits per heavy atom. The molecule has 1 unspecified atom stereocenters. The molecule has 2 aromatic carbocycles. The van der Waals surface area contributed by atoms with Crippen molar-refractivity contribution in [1.82, 2.24) is 0 Å². The van der Waals surface area contributed by atoms with E-state index in [0.29, 0.717) is 5.02 Å². The molecular formula is C15H13ClF2O3S. The van der Waals surface area contributed by atoms with Crippen LogP contribution in [0.4, 0.5) is 8.78 Å². The van der Waals surface area contributed by atoms with E-state index in [4.69, 9.17) is 11.6 Å². The third-order valence-electron chi connectivity index (χ3n) is 3.17. The van der Waals surface area contributed by atoms with Crippen LogP contribution in [0.25, 0.3) is 0 Å². The van der Waals surface area contributed by atoms with Crippen LogP contribution in [0.15, 0.2) is 47.4 Å². The monoisotopic (exact) mass is 346 g/mol. The average molecular weight is 347 g/mol. The van der Waals surface area contributed by atoms with Crippen LogP contribution in [0.5, 0.6) is 0 Å². The second-order valence-corrected chi connectivity index (χ2v) is 7.27. The fraction of sp³-hybridized carbons (Fsp3) is 0.200. The summed E-state index contributed by atoms with van der Waals surface area (Å²) in [4.78, 5) is -0.0795. The van der Waals surface area contributed by atoms with Crippen molar-refractivity contribution < 1.29 is 22.3 Å². The van der Waals surface area contributed by atoms with Crippen molar-refractivity contribution in [2.24, 2.45) is 0 Å². The van der Waals surface area contributed by atoms with Crippen LogP contribution < -0.4 is 0 Å². The summed E-state index contributed by atoms with van der Waals surface area (Å²) in [6.45, 7) is 0. The lowest BCUT2D eigenvalue weighted by Crippen LogP contribution is -2.21. The van der Waals surface area contributed by atoms with E-state index in [1.54, 1.807) is 0 Å². The SMILES string of the molecule is O=S(=O)(c1ccc(Cl)cc1)C(O)CCc1cc(F)ccc1F. The first-order valence-corrected chi connectivity index (χ1v) is 8.34. The summed E-state index contributed by atoms with van der Waals surface area (Å²) >= 11 is 5.68. The summed E-state index contributed by atoms with van der Waals surface area (Å²) in [5.41, 5.74) is -1.69. The molecule has 0 aliphatic heterocycles. The molecule has 0 spiro atoms. The highest BCUT2D eigenvalue weighted by molar-refractivity contribution is 7.91. The molecule has 0 saturated heterocycles. The number of aliphatic hydroxyl groups excluding tert-OH is 1. The van der Waals surface area contributed by atoms with E-state index in [9.17, 15) is 22.3 Å². The Morgan fingerprint density at radius 2 is 1.73 bits per heavy atom. The Balaban J connectivity index is 2.12. The van der Waals surface area contributed by atoms with Gasteiger partial charge in [0.15, 0.2) is 5.44 Å². The lowest BCUT2D eigenvalue weighted by molar-refractivity contribution is 0.238. The molecule has 0 radical (unpaired) electrons. The maximum Gasteiger partial charge on any atom is 0.204 e. The standard InChI is InChI=1S/C15H13ClF2O3S/c16-11-2-5-13(6-3-11)22(20,21)15(19)8-1-10-9-12(17)4-7-14(10)18/h2-7,9,15,19H,1,8H2. The Kier molecular flexibility index (Phi) is 5.16. The zero-order valence-electron chi connectivity index (χ0n) is 11.3. The Morgan fingerprint density at radius 1 is 1.09 bits per heavy atom. The Hall–Kier alpha value is -1.50. The highest BCUT2D eigenvalue weighted by Crippen LogP contribution is 2.21. The largest absolute Gasteiger partial charge is 0.377 e. The molecule has 0 aromatic heterocycles. The van der Waals surface area contributed by atoms with E-state index in [1.165, 1.54) is 24.3 Å². The van der Waals surface area contributed by atoms with E-state index in [-0.39, 0.29) is 23.3 Å². The number of aryl methyl sites for hydroxylation is 1. The van der Waals surface area contributed by atoms with E-state index >= 15 is 0 Å². The molecule has 7 heteroatoms. The molecule has 1 N–H and O–H groups in total. The number of hydrogen-bond acceptors (Lipinski definition) is 3. The second kappa shape index (κ2) is 6.73. The molecule has 0 amide bonds. The predicted molar refractivity (Wildman–Crippen MR) is 79.3 cm³/mol. The molecule has 0 fully saturated rings. The highest BCUT2D eigenvalue weighted by Gasteiger charge is 2.25. The van der Waals surface area contributed by atoms with Crippen LogP contribution in [-0.4, -0.2) is 19.0 Å². The van der Waals surface area contributed by atoms with Crippen LogP contribution in [-0.2, 0) is 16.3 Å². The van der Waals surface area contributed by atoms with Crippen LogP contribution in [0.2, 0.25) is 5.02 Å². The minimum absolute atomic E-state index is 0.0188. The maximum atomic E-state index is 13.5. The average Bonchev–Trinajstić information content (AvgIpc) is 2.48. The fourth-order valence-electron chi connectivity index (χ4n) is 1.95. The summed E-state index contributed by atoms with van der Waals surface area (Å²) in [5.74, 6) is -1.26. The Bertz CT molecular complexity index is 761. The van der Waals surface area contributed by atoms with E-state index in [1.807, 2.05) is 0 Å². The normalized spacial score (nSPS) is 13.1. The number of rotatable bonds is 5. The lowest BCUT2D eigenvalue weighted by Gasteiger charge is -2.12. The molecule has 0 heterocycles. The van der Waals surface area contributed by atoms with Crippen molar-refractivity contribution in [3.63, 3.8) is 0 Å². The van der Waals surface area contributed by atoms with Gasteiger partial charge in [-0.2, -0.15) is 0 Å².